The number of carbonyl (C=O) groups is 1. The van der Waals surface area contributed by atoms with Crippen molar-refractivity contribution in [1.82, 2.24) is 5.32 Å². The Morgan fingerprint density at radius 2 is 2.12 bits per heavy atom. The predicted octanol–water partition coefficient (Wildman–Crippen LogP) is 2.87. The van der Waals surface area contributed by atoms with Crippen LogP contribution < -0.4 is 5.32 Å². The zero-order chi connectivity index (χ0) is 12.5. The lowest BCUT2D eigenvalue weighted by molar-refractivity contribution is 0.0942. The van der Waals surface area contributed by atoms with Gasteiger partial charge in [0, 0.05) is 11.9 Å². The van der Waals surface area contributed by atoms with Crippen LogP contribution in [0.25, 0.3) is 0 Å². The van der Waals surface area contributed by atoms with Crippen LogP contribution in [0.1, 0.15) is 23.2 Å². The van der Waals surface area contributed by atoms with Gasteiger partial charge in [-0.1, -0.05) is 15.9 Å². The number of rotatable bonds is 4. The van der Waals surface area contributed by atoms with Crippen molar-refractivity contribution in [3.05, 3.63) is 35.4 Å². The average Bonchev–Trinajstić information content (AvgIpc) is 3.10. The molecule has 1 aromatic rings. The van der Waals surface area contributed by atoms with Crippen molar-refractivity contribution in [2.24, 2.45) is 5.41 Å². The molecule has 5 heteroatoms. The molecular weight excluding hydrogens is 292 g/mol. The summed E-state index contributed by atoms with van der Waals surface area (Å²) >= 11 is 3.38. The molecule has 1 fully saturated rings. The Hall–Kier alpha value is -0.970. The van der Waals surface area contributed by atoms with Gasteiger partial charge in [-0.2, -0.15) is 0 Å². The van der Waals surface area contributed by atoms with Crippen molar-refractivity contribution in [2.45, 2.75) is 12.8 Å². The molecule has 1 aromatic carbocycles. The fraction of sp³-hybridized carbons (Fsp3) is 0.417. The second-order valence-electron chi connectivity index (χ2n) is 4.44. The Balaban J connectivity index is 2.02. The molecule has 0 aliphatic heterocycles. The normalized spacial score (nSPS) is 16.6. The minimum Gasteiger partial charge on any atom is -0.351 e. The van der Waals surface area contributed by atoms with Crippen molar-refractivity contribution < 1.29 is 13.6 Å². The van der Waals surface area contributed by atoms with Gasteiger partial charge in [-0.15, -0.1) is 0 Å². The monoisotopic (exact) mass is 303 g/mol. The Bertz CT molecular complexity index is 446. The molecule has 0 spiro atoms. The highest BCUT2D eigenvalue weighted by molar-refractivity contribution is 9.09. The topological polar surface area (TPSA) is 29.1 Å². The van der Waals surface area contributed by atoms with Gasteiger partial charge >= 0.3 is 0 Å². The fourth-order valence-corrected chi connectivity index (χ4v) is 2.33. The zero-order valence-electron chi connectivity index (χ0n) is 9.10. The minimum atomic E-state index is -0.701. The summed E-state index contributed by atoms with van der Waals surface area (Å²) in [6, 6.07) is 2.87. The molecule has 1 amide bonds. The largest absolute Gasteiger partial charge is 0.351 e. The van der Waals surface area contributed by atoms with Gasteiger partial charge in [-0.3, -0.25) is 4.79 Å². The summed E-state index contributed by atoms with van der Waals surface area (Å²) in [5.41, 5.74) is -0.130. The summed E-state index contributed by atoms with van der Waals surface area (Å²) < 4.78 is 26.2. The van der Waals surface area contributed by atoms with E-state index in [2.05, 4.69) is 21.2 Å². The van der Waals surface area contributed by atoms with Crippen molar-refractivity contribution in [1.29, 1.82) is 0 Å². The highest BCUT2D eigenvalue weighted by Gasteiger charge is 2.41. The molecule has 0 aromatic heterocycles. The van der Waals surface area contributed by atoms with Crippen molar-refractivity contribution >= 4 is 21.8 Å². The molecule has 1 aliphatic rings. The maximum Gasteiger partial charge on any atom is 0.254 e. The summed E-state index contributed by atoms with van der Waals surface area (Å²) in [4.78, 5) is 11.7. The van der Waals surface area contributed by atoms with Crippen LogP contribution in [0.2, 0.25) is 0 Å². The van der Waals surface area contributed by atoms with Gasteiger partial charge < -0.3 is 5.32 Å². The van der Waals surface area contributed by atoms with Crippen LogP contribution in [-0.2, 0) is 0 Å². The molecule has 0 heterocycles. The smallest absolute Gasteiger partial charge is 0.254 e. The highest BCUT2D eigenvalue weighted by Crippen LogP contribution is 2.46. The van der Waals surface area contributed by atoms with Gasteiger partial charge in [0.2, 0.25) is 0 Å². The number of amides is 1. The minimum absolute atomic E-state index is 0.111. The van der Waals surface area contributed by atoms with Crippen molar-refractivity contribution in [3.8, 4) is 0 Å². The Labute approximate surface area is 107 Å². The van der Waals surface area contributed by atoms with Crippen molar-refractivity contribution in [3.63, 3.8) is 0 Å². The van der Waals surface area contributed by atoms with E-state index < -0.39 is 17.5 Å². The molecule has 0 radical (unpaired) electrons. The van der Waals surface area contributed by atoms with Crippen LogP contribution in [0, 0.1) is 17.0 Å². The molecule has 92 valence electrons. The Morgan fingerprint density at radius 3 is 2.71 bits per heavy atom. The number of halogens is 3. The SMILES string of the molecule is O=C(NCC1(CBr)CC1)c1cc(F)ccc1F. The molecule has 0 saturated heterocycles. The van der Waals surface area contributed by atoms with E-state index in [-0.39, 0.29) is 11.0 Å². The molecule has 0 bridgehead atoms. The molecule has 2 nitrogen and oxygen atoms in total. The van der Waals surface area contributed by atoms with E-state index >= 15 is 0 Å². The Kier molecular flexibility index (Phi) is 3.47. The van der Waals surface area contributed by atoms with Gasteiger partial charge in [-0.05, 0) is 36.5 Å². The van der Waals surface area contributed by atoms with E-state index in [1.165, 1.54) is 0 Å². The summed E-state index contributed by atoms with van der Waals surface area (Å²) in [5.74, 6) is -1.88. The molecule has 0 unspecified atom stereocenters. The number of alkyl halides is 1. The van der Waals surface area contributed by atoms with Crippen LogP contribution in [0.3, 0.4) is 0 Å². The predicted molar refractivity (Wildman–Crippen MR) is 64.2 cm³/mol. The standard InChI is InChI=1S/C12H12BrF2NO/c13-6-12(3-4-12)7-16-11(17)9-5-8(14)1-2-10(9)15/h1-2,5H,3-4,6-7H2,(H,16,17). The lowest BCUT2D eigenvalue weighted by atomic mass is 10.1. The summed E-state index contributed by atoms with van der Waals surface area (Å²) in [5, 5.41) is 3.46. The van der Waals surface area contributed by atoms with E-state index in [1.807, 2.05) is 0 Å². The van der Waals surface area contributed by atoms with Crippen LogP contribution in [-0.4, -0.2) is 17.8 Å². The van der Waals surface area contributed by atoms with Crippen LogP contribution >= 0.6 is 15.9 Å². The van der Waals surface area contributed by atoms with E-state index in [1.54, 1.807) is 0 Å². The summed E-state index contributed by atoms with van der Waals surface area (Å²) in [7, 11) is 0. The first-order valence-electron chi connectivity index (χ1n) is 5.36. The first kappa shape index (κ1) is 12.5. The van der Waals surface area contributed by atoms with E-state index in [9.17, 15) is 13.6 Å². The molecular formula is C12H12BrF2NO. The molecule has 1 N–H and O–H groups in total. The molecule has 0 atom stereocenters. The van der Waals surface area contributed by atoms with E-state index in [0.29, 0.717) is 6.54 Å². The number of hydrogen-bond donors (Lipinski definition) is 1. The third-order valence-corrected chi connectivity index (χ3v) is 4.23. The van der Waals surface area contributed by atoms with E-state index in [4.69, 9.17) is 0 Å². The second kappa shape index (κ2) is 4.72. The second-order valence-corrected chi connectivity index (χ2v) is 5.00. The van der Waals surface area contributed by atoms with Crippen molar-refractivity contribution in [2.75, 3.05) is 11.9 Å². The molecule has 1 saturated carbocycles. The zero-order valence-corrected chi connectivity index (χ0v) is 10.7. The van der Waals surface area contributed by atoms with Gasteiger partial charge in [0.05, 0.1) is 5.56 Å². The van der Waals surface area contributed by atoms with Gasteiger partial charge in [0.1, 0.15) is 11.6 Å². The first-order chi connectivity index (χ1) is 8.06. The van der Waals surface area contributed by atoms with Gasteiger partial charge in [0.25, 0.3) is 5.91 Å². The molecule has 17 heavy (non-hydrogen) atoms. The van der Waals surface area contributed by atoms with Gasteiger partial charge in [0.15, 0.2) is 0 Å². The van der Waals surface area contributed by atoms with Crippen LogP contribution in [0.5, 0.6) is 0 Å². The number of carbonyl (C=O) groups excluding carboxylic acids is 1. The third-order valence-electron chi connectivity index (χ3n) is 3.04. The summed E-state index contributed by atoms with van der Waals surface area (Å²) in [6.45, 7) is 0.493. The third kappa shape index (κ3) is 2.83. The maximum atomic E-state index is 13.3. The summed E-state index contributed by atoms with van der Waals surface area (Å²) in [6.07, 6.45) is 2.09. The quantitative estimate of drug-likeness (QED) is 0.852. The van der Waals surface area contributed by atoms with Gasteiger partial charge in [-0.25, -0.2) is 8.78 Å². The number of hydrogen-bond acceptors (Lipinski definition) is 1. The number of nitrogens with one attached hydrogen (secondary N) is 1. The maximum absolute atomic E-state index is 13.3. The van der Waals surface area contributed by atoms with E-state index in [0.717, 1.165) is 36.4 Å². The lowest BCUT2D eigenvalue weighted by Crippen LogP contribution is -2.31. The fourth-order valence-electron chi connectivity index (χ4n) is 1.57. The molecule has 1 aliphatic carbocycles. The first-order valence-corrected chi connectivity index (χ1v) is 6.48. The van der Waals surface area contributed by atoms with Crippen LogP contribution in [0.4, 0.5) is 8.78 Å². The van der Waals surface area contributed by atoms with Crippen LogP contribution in [0.15, 0.2) is 18.2 Å². The number of benzene rings is 1. The Morgan fingerprint density at radius 1 is 1.41 bits per heavy atom. The average molecular weight is 304 g/mol. The molecule has 2 rings (SSSR count). The lowest BCUT2D eigenvalue weighted by Gasteiger charge is -2.12. The highest BCUT2D eigenvalue weighted by atomic mass is 79.9.